The molecule has 1 aromatic carbocycles. The fourth-order valence-corrected chi connectivity index (χ4v) is 3.64. The van der Waals surface area contributed by atoms with Crippen molar-refractivity contribution >= 4 is 46.2 Å². The maximum Gasteiger partial charge on any atom is 0.285 e. The molecule has 0 bridgehead atoms. The Kier molecular flexibility index (Phi) is 5.43. The Bertz CT molecular complexity index is 916. The van der Waals surface area contributed by atoms with E-state index in [4.69, 9.17) is 12.2 Å². The van der Waals surface area contributed by atoms with Gasteiger partial charge in [-0.05, 0) is 53.0 Å². The Morgan fingerprint density at radius 1 is 1.22 bits per heavy atom. The number of pyridine rings is 1. The van der Waals surface area contributed by atoms with Gasteiger partial charge in [-0.25, -0.2) is 0 Å². The lowest BCUT2D eigenvalue weighted by atomic mass is 9.87. The molecule has 0 aliphatic carbocycles. The highest BCUT2D eigenvalue weighted by Gasteiger charge is 2.33. The van der Waals surface area contributed by atoms with Crippen LogP contribution in [0, 0.1) is 0 Å². The van der Waals surface area contributed by atoms with Crippen molar-refractivity contribution in [2.24, 2.45) is 0 Å². The number of thiocarbonyl (C=S) groups is 1. The van der Waals surface area contributed by atoms with E-state index in [9.17, 15) is 9.59 Å². The molecule has 0 radical (unpaired) electrons. The van der Waals surface area contributed by atoms with Crippen molar-refractivity contribution in [2.75, 3.05) is 0 Å². The van der Waals surface area contributed by atoms with Gasteiger partial charge in [0.25, 0.3) is 11.8 Å². The summed E-state index contributed by atoms with van der Waals surface area (Å²) in [5, 5.41) is 1.11. The van der Waals surface area contributed by atoms with Crippen LogP contribution in [0.2, 0.25) is 0 Å². The van der Waals surface area contributed by atoms with Gasteiger partial charge in [0.05, 0.1) is 4.91 Å². The monoisotopic (exact) mass is 397 g/mol. The predicted octanol–water partition coefficient (Wildman–Crippen LogP) is 3.93. The van der Waals surface area contributed by atoms with Gasteiger partial charge in [0.1, 0.15) is 0 Å². The van der Waals surface area contributed by atoms with E-state index in [2.05, 4.69) is 31.2 Å². The number of amides is 2. The Morgan fingerprint density at radius 2 is 1.93 bits per heavy atom. The molecule has 2 amide bonds. The van der Waals surface area contributed by atoms with E-state index in [1.165, 1.54) is 0 Å². The fraction of sp³-hybridized carbons (Fsp3) is 0.200. The first-order valence-corrected chi connectivity index (χ1v) is 9.58. The zero-order chi connectivity index (χ0) is 19.6. The molecule has 0 saturated carbocycles. The topological polar surface area (TPSA) is 62.3 Å². The van der Waals surface area contributed by atoms with Gasteiger partial charge in [-0.2, -0.15) is 5.01 Å². The first-order valence-electron chi connectivity index (χ1n) is 8.35. The molecule has 27 heavy (non-hydrogen) atoms. The van der Waals surface area contributed by atoms with Gasteiger partial charge in [-0.1, -0.05) is 50.7 Å². The minimum absolute atomic E-state index is 0.00409. The van der Waals surface area contributed by atoms with E-state index in [1.807, 2.05) is 18.2 Å². The molecule has 0 atom stereocenters. The molecule has 2 heterocycles. The van der Waals surface area contributed by atoms with E-state index in [0.29, 0.717) is 10.5 Å². The third-order valence-corrected chi connectivity index (χ3v) is 5.30. The van der Waals surface area contributed by atoms with Crippen molar-refractivity contribution in [3.8, 4) is 0 Å². The smallest absolute Gasteiger partial charge is 0.267 e. The predicted molar refractivity (Wildman–Crippen MR) is 112 cm³/mol. The van der Waals surface area contributed by atoms with Crippen LogP contribution in [0.25, 0.3) is 6.08 Å². The van der Waals surface area contributed by atoms with Crippen molar-refractivity contribution in [1.82, 2.24) is 15.4 Å². The van der Waals surface area contributed by atoms with Gasteiger partial charge < -0.3 is 0 Å². The molecule has 0 unspecified atom stereocenters. The van der Waals surface area contributed by atoms with Crippen LogP contribution in [0.3, 0.4) is 0 Å². The third-order valence-electron chi connectivity index (χ3n) is 4.00. The number of carbonyl (C=O) groups is 2. The molecule has 1 saturated heterocycles. The van der Waals surface area contributed by atoms with Crippen LogP contribution in [-0.2, 0) is 10.2 Å². The molecule has 3 rings (SSSR count). The molecule has 1 aliphatic rings. The average molecular weight is 398 g/mol. The fourth-order valence-electron chi connectivity index (χ4n) is 2.46. The maximum atomic E-state index is 12.6. The Morgan fingerprint density at radius 3 is 2.52 bits per heavy atom. The quantitative estimate of drug-likeness (QED) is 0.628. The summed E-state index contributed by atoms with van der Waals surface area (Å²) in [5.41, 5.74) is 4.99. The lowest BCUT2D eigenvalue weighted by Crippen LogP contribution is -2.44. The number of carbonyl (C=O) groups excluding carboxylic acids is 2. The van der Waals surface area contributed by atoms with Crippen LogP contribution in [0.15, 0.2) is 53.7 Å². The molecule has 138 valence electrons. The second-order valence-corrected chi connectivity index (χ2v) is 8.75. The second-order valence-electron chi connectivity index (χ2n) is 7.07. The summed E-state index contributed by atoms with van der Waals surface area (Å²) in [6.07, 6.45) is 5.02. The van der Waals surface area contributed by atoms with Crippen LogP contribution in [0.4, 0.5) is 0 Å². The third kappa shape index (κ3) is 4.43. The van der Waals surface area contributed by atoms with Crippen LogP contribution >= 0.6 is 24.0 Å². The van der Waals surface area contributed by atoms with Crippen molar-refractivity contribution in [1.29, 1.82) is 0 Å². The molecule has 1 aliphatic heterocycles. The first kappa shape index (κ1) is 19.3. The highest BCUT2D eigenvalue weighted by atomic mass is 32.2. The number of nitrogens with zero attached hydrogens (tertiary/aromatic N) is 2. The lowest BCUT2D eigenvalue weighted by molar-refractivity contribution is -0.123. The summed E-state index contributed by atoms with van der Waals surface area (Å²) in [7, 11) is 0. The molecule has 0 spiro atoms. The number of thioether (sulfide) groups is 1. The number of rotatable bonds is 3. The van der Waals surface area contributed by atoms with Gasteiger partial charge in [0.15, 0.2) is 4.32 Å². The largest absolute Gasteiger partial charge is 0.285 e. The average Bonchev–Trinajstić information content (AvgIpc) is 2.89. The summed E-state index contributed by atoms with van der Waals surface area (Å²) < 4.78 is 0.287. The number of hydrogen-bond acceptors (Lipinski definition) is 5. The Labute approximate surface area is 167 Å². The van der Waals surface area contributed by atoms with E-state index in [-0.39, 0.29) is 21.5 Å². The lowest BCUT2D eigenvalue weighted by Gasteiger charge is -2.19. The molecule has 7 heteroatoms. The molecule has 1 N–H and O–H groups in total. The number of benzene rings is 1. The zero-order valence-electron chi connectivity index (χ0n) is 15.2. The summed E-state index contributed by atoms with van der Waals surface area (Å²) in [4.78, 5) is 29.6. The van der Waals surface area contributed by atoms with E-state index >= 15 is 0 Å². The Balaban J connectivity index is 1.73. The van der Waals surface area contributed by atoms with E-state index < -0.39 is 0 Å². The SMILES string of the molecule is CC(C)(C)c1ccc(C(=O)NN2C(=O)/C(=C/c3cccnc3)SC2=S)cc1. The first-order chi connectivity index (χ1) is 12.8. The standard InChI is InChI=1S/C20H19N3O2S2/c1-20(2,3)15-8-6-14(7-9-15)17(24)22-23-18(25)16(27-19(23)26)11-13-5-4-10-21-12-13/h4-12H,1-3H3,(H,22,24)/b16-11-. The summed E-state index contributed by atoms with van der Waals surface area (Å²) in [5.74, 6) is -0.733. The van der Waals surface area contributed by atoms with Crippen molar-refractivity contribution < 1.29 is 9.59 Å². The number of hydrazine groups is 1. The van der Waals surface area contributed by atoms with Gasteiger partial charge in [-0.15, -0.1) is 0 Å². The minimum atomic E-state index is -0.380. The van der Waals surface area contributed by atoms with Gasteiger partial charge in [0.2, 0.25) is 0 Å². The number of nitrogens with one attached hydrogen (secondary N) is 1. The van der Waals surface area contributed by atoms with Crippen molar-refractivity contribution in [3.63, 3.8) is 0 Å². The van der Waals surface area contributed by atoms with Crippen LogP contribution < -0.4 is 5.43 Å². The number of hydrogen-bond donors (Lipinski definition) is 1. The van der Waals surface area contributed by atoms with Gasteiger partial charge in [0, 0.05) is 18.0 Å². The second kappa shape index (κ2) is 7.62. The Hall–Kier alpha value is -2.51. The molecular formula is C20H19N3O2S2. The molecule has 5 nitrogen and oxygen atoms in total. The molecule has 2 aromatic rings. The number of aromatic nitrogens is 1. The normalized spacial score (nSPS) is 16.1. The zero-order valence-corrected chi connectivity index (χ0v) is 16.9. The van der Waals surface area contributed by atoms with Gasteiger partial charge >= 0.3 is 0 Å². The highest BCUT2D eigenvalue weighted by molar-refractivity contribution is 8.26. The van der Waals surface area contributed by atoms with E-state index in [0.717, 1.165) is 27.9 Å². The van der Waals surface area contributed by atoms with Crippen molar-refractivity contribution in [2.45, 2.75) is 26.2 Å². The molecular weight excluding hydrogens is 378 g/mol. The maximum absolute atomic E-state index is 12.6. The minimum Gasteiger partial charge on any atom is -0.267 e. The van der Waals surface area contributed by atoms with E-state index in [1.54, 1.807) is 36.7 Å². The summed E-state index contributed by atoms with van der Waals surface area (Å²) in [6.45, 7) is 6.32. The van der Waals surface area contributed by atoms with Gasteiger partial charge in [-0.3, -0.25) is 20.0 Å². The highest BCUT2D eigenvalue weighted by Crippen LogP contribution is 2.31. The van der Waals surface area contributed by atoms with Crippen LogP contribution in [-0.4, -0.2) is 26.1 Å². The van der Waals surface area contributed by atoms with Crippen LogP contribution in [0.1, 0.15) is 42.3 Å². The molecule has 1 aromatic heterocycles. The summed E-state index contributed by atoms with van der Waals surface area (Å²) in [6, 6.07) is 11.0. The summed E-state index contributed by atoms with van der Waals surface area (Å²) >= 11 is 6.39. The van der Waals surface area contributed by atoms with Crippen molar-refractivity contribution in [3.05, 3.63) is 70.4 Å². The van der Waals surface area contributed by atoms with Crippen LogP contribution in [0.5, 0.6) is 0 Å². The molecule has 1 fully saturated rings.